The fraction of sp³-hybridized carbons (Fsp3) is 0.300. The zero-order valence-electron chi connectivity index (χ0n) is 8.98. The van der Waals surface area contributed by atoms with Crippen molar-refractivity contribution in [2.75, 3.05) is 7.11 Å². The summed E-state index contributed by atoms with van der Waals surface area (Å²) in [6, 6.07) is 2.59. The fourth-order valence-corrected chi connectivity index (χ4v) is 1.98. The topological polar surface area (TPSA) is 35.5 Å². The van der Waals surface area contributed by atoms with Crippen LogP contribution in [0.15, 0.2) is 16.6 Å². The van der Waals surface area contributed by atoms with Gasteiger partial charge in [-0.1, -0.05) is 15.9 Å². The van der Waals surface area contributed by atoms with Gasteiger partial charge in [0.1, 0.15) is 5.75 Å². The minimum Gasteiger partial charge on any atom is -0.465 e. The predicted molar refractivity (Wildman–Crippen MR) is 64.8 cm³/mol. The highest BCUT2D eigenvalue weighted by Crippen LogP contribution is 2.35. The van der Waals surface area contributed by atoms with Crippen LogP contribution < -0.4 is 4.74 Å². The van der Waals surface area contributed by atoms with Crippen molar-refractivity contribution in [2.24, 2.45) is 0 Å². The van der Waals surface area contributed by atoms with Crippen molar-refractivity contribution in [1.29, 1.82) is 0 Å². The van der Waals surface area contributed by atoms with Gasteiger partial charge in [0.25, 0.3) is 0 Å². The highest BCUT2D eigenvalue weighted by Gasteiger charge is 2.33. The second-order valence-corrected chi connectivity index (χ2v) is 4.48. The van der Waals surface area contributed by atoms with E-state index in [1.807, 2.05) is 0 Å². The molecule has 0 N–H and O–H groups in total. The summed E-state index contributed by atoms with van der Waals surface area (Å²) in [4.78, 5) is 11.4. The largest absolute Gasteiger partial charge is 0.573 e. The molecule has 0 saturated heterocycles. The van der Waals surface area contributed by atoms with Crippen molar-refractivity contribution in [3.05, 3.63) is 27.7 Å². The summed E-state index contributed by atoms with van der Waals surface area (Å²) in [5.74, 6) is -1.24. The van der Waals surface area contributed by atoms with E-state index < -0.39 is 18.1 Å². The number of alkyl halides is 4. The third-order valence-corrected chi connectivity index (χ3v) is 3.35. The SMILES string of the molecule is COC(=O)c1cc(CBr)cc(OC(F)(F)F)c1Br. The van der Waals surface area contributed by atoms with Crippen LogP contribution in [0.4, 0.5) is 13.2 Å². The molecule has 0 heterocycles. The molecule has 0 aromatic heterocycles. The van der Waals surface area contributed by atoms with Gasteiger partial charge in [0, 0.05) is 5.33 Å². The number of rotatable bonds is 3. The van der Waals surface area contributed by atoms with E-state index in [9.17, 15) is 18.0 Å². The quantitative estimate of drug-likeness (QED) is 0.576. The Hall–Kier alpha value is -0.760. The van der Waals surface area contributed by atoms with Gasteiger partial charge in [0.2, 0.25) is 0 Å². The van der Waals surface area contributed by atoms with Gasteiger partial charge < -0.3 is 9.47 Å². The minimum atomic E-state index is -4.83. The molecule has 0 spiro atoms. The van der Waals surface area contributed by atoms with Gasteiger partial charge in [-0.15, -0.1) is 13.2 Å². The highest BCUT2D eigenvalue weighted by molar-refractivity contribution is 9.10. The first kappa shape index (κ1) is 15.3. The average molecular weight is 392 g/mol. The standard InChI is InChI=1S/C10H7Br2F3O3/c1-17-9(16)6-2-5(4-11)3-7(8(6)12)18-10(13,14)15/h2-3H,4H2,1H3. The molecule has 18 heavy (non-hydrogen) atoms. The molecule has 0 saturated carbocycles. The van der Waals surface area contributed by atoms with Crippen LogP contribution in [0.3, 0.4) is 0 Å². The van der Waals surface area contributed by atoms with E-state index in [4.69, 9.17) is 0 Å². The van der Waals surface area contributed by atoms with Gasteiger partial charge in [-0.25, -0.2) is 4.79 Å². The van der Waals surface area contributed by atoms with Crippen molar-refractivity contribution in [3.63, 3.8) is 0 Å². The summed E-state index contributed by atoms with van der Waals surface area (Å²) in [5.41, 5.74) is 0.423. The molecule has 1 rings (SSSR count). The Balaban J connectivity index is 3.29. The number of methoxy groups -OCH3 is 1. The summed E-state index contributed by atoms with van der Waals surface area (Å²) < 4.78 is 44.8. The molecule has 0 radical (unpaired) electrons. The molecule has 1 aromatic rings. The highest BCUT2D eigenvalue weighted by atomic mass is 79.9. The van der Waals surface area contributed by atoms with E-state index >= 15 is 0 Å². The zero-order valence-corrected chi connectivity index (χ0v) is 12.1. The predicted octanol–water partition coefficient (Wildman–Crippen LogP) is 4.03. The molecule has 0 aliphatic carbocycles. The zero-order chi connectivity index (χ0) is 13.9. The Kier molecular flexibility index (Phi) is 5.03. The molecule has 0 bridgehead atoms. The second-order valence-electron chi connectivity index (χ2n) is 3.13. The van der Waals surface area contributed by atoms with Crippen LogP contribution in [-0.2, 0) is 10.1 Å². The van der Waals surface area contributed by atoms with E-state index in [0.29, 0.717) is 5.56 Å². The average Bonchev–Trinajstić information content (AvgIpc) is 2.29. The number of hydrogen-bond acceptors (Lipinski definition) is 3. The lowest BCUT2D eigenvalue weighted by molar-refractivity contribution is -0.274. The number of ether oxygens (including phenoxy) is 2. The Bertz CT molecular complexity index is 460. The van der Waals surface area contributed by atoms with Gasteiger partial charge in [0.15, 0.2) is 0 Å². The Morgan fingerprint density at radius 3 is 2.44 bits per heavy atom. The number of hydrogen-bond donors (Lipinski definition) is 0. The number of benzene rings is 1. The van der Waals surface area contributed by atoms with Crippen LogP contribution in [-0.4, -0.2) is 19.4 Å². The van der Waals surface area contributed by atoms with Gasteiger partial charge >= 0.3 is 12.3 Å². The van der Waals surface area contributed by atoms with E-state index in [0.717, 1.165) is 7.11 Å². The maximum Gasteiger partial charge on any atom is 0.573 e. The van der Waals surface area contributed by atoms with Gasteiger partial charge in [-0.3, -0.25) is 0 Å². The molecule has 0 atom stereocenters. The molecule has 3 nitrogen and oxygen atoms in total. The molecule has 0 unspecified atom stereocenters. The molecule has 0 aliphatic rings. The molecule has 8 heteroatoms. The van der Waals surface area contributed by atoms with E-state index in [-0.39, 0.29) is 15.4 Å². The van der Waals surface area contributed by atoms with Gasteiger partial charge in [-0.2, -0.15) is 0 Å². The number of carbonyl (C=O) groups is 1. The monoisotopic (exact) mass is 390 g/mol. The van der Waals surface area contributed by atoms with Gasteiger partial charge in [-0.05, 0) is 33.6 Å². The first-order valence-electron chi connectivity index (χ1n) is 4.51. The molecule has 0 fully saturated rings. The third-order valence-electron chi connectivity index (χ3n) is 1.88. The maximum absolute atomic E-state index is 12.2. The van der Waals surface area contributed by atoms with Crippen molar-refractivity contribution in [1.82, 2.24) is 0 Å². The second kappa shape index (κ2) is 5.92. The lowest BCUT2D eigenvalue weighted by Gasteiger charge is -2.14. The summed E-state index contributed by atoms with van der Waals surface area (Å²) in [7, 11) is 1.14. The molecular weight excluding hydrogens is 385 g/mol. The molecule has 0 aliphatic heterocycles. The van der Waals surface area contributed by atoms with E-state index in [2.05, 4.69) is 41.3 Å². The Morgan fingerprint density at radius 1 is 1.39 bits per heavy atom. The van der Waals surface area contributed by atoms with E-state index in [1.165, 1.54) is 12.1 Å². The summed E-state index contributed by atoms with van der Waals surface area (Å²) in [6.07, 6.45) is -4.83. The number of carbonyl (C=O) groups excluding carboxylic acids is 1. The van der Waals surface area contributed by atoms with Gasteiger partial charge in [0.05, 0.1) is 17.1 Å². The Morgan fingerprint density at radius 2 is 2.00 bits per heavy atom. The van der Waals surface area contributed by atoms with E-state index in [1.54, 1.807) is 0 Å². The normalized spacial score (nSPS) is 11.2. The molecule has 0 amide bonds. The van der Waals surface area contributed by atoms with Crippen LogP contribution >= 0.6 is 31.9 Å². The van der Waals surface area contributed by atoms with Crippen LogP contribution in [0.1, 0.15) is 15.9 Å². The summed E-state index contributed by atoms with van der Waals surface area (Å²) >= 11 is 5.99. The molecule has 100 valence electrons. The van der Waals surface area contributed by atoms with Crippen molar-refractivity contribution in [2.45, 2.75) is 11.7 Å². The van der Waals surface area contributed by atoms with Crippen LogP contribution in [0, 0.1) is 0 Å². The van der Waals surface area contributed by atoms with Crippen LogP contribution in [0.2, 0.25) is 0 Å². The van der Waals surface area contributed by atoms with Crippen molar-refractivity contribution < 1.29 is 27.4 Å². The Labute approximate surface area is 118 Å². The smallest absolute Gasteiger partial charge is 0.465 e. The van der Waals surface area contributed by atoms with Crippen molar-refractivity contribution >= 4 is 37.8 Å². The minimum absolute atomic E-state index is 0.0336. The molecule has 1 aromatic carbocycles. The lowest BCUT2D eigenvalue weighted by atomic mass is 10.1. The first-order valence-corrected chi connectivity index (χ1v) is 6.42. The summed E-state index contributed by atoms with van der Waals surface area (Å²) in [5, 5.41) is 0.276. The number of esters is 1. The van der Waals surface area contributed by atoms with Crippen LogP contribution in [0.5, 0.6) is 5.75 Å². The third kappa shape index (κ3) is 3.88. The maximum atomic E-state index is 12.2. The molecular formula is C10H7Br2F3O3. The van der Waals surface area contributed by atoms with Crippen molar-refractivity contribution in [3.8, 4) is 5.75 Å². The summed E-state index contributed by atoms with van der Waals surface area (Å²) in [6.45, 7) is 0. The van der Waals surface area contributed by atoms with Crippen LogP contribution in [0.25, 0.3) is 0 Å². The lowest BCUT2D eigenvalue weighted by Crippen LogP contribution is -2.18. The fourth-order valence-electron chi connectivity index (χ4n) is 1.19. The number of halogens is 5. The first-order chi connectivity index (χ1) is 8.28.